The van der Waals surface area contributed by atoms with Crippen molar-refractivity contribution in [3.05, 3.63) is 53.6 Å². The van der Waals surface area contributed by atoms with Crippen molar-refractivity contribution in [1.29, 1.82) is 0 Å². The van der Waals surface area contributed by atoms with Crippen LogP contribution >= 0.6 is 11.3 Å². The van der Waals surface area contributed by atoms with Crippen LogP contribution in [0.4, 0.5) is 25.2 Å². The summed E-state index contributed by atoms with van der Waals surface area (Å²) >= 11 is 1.61. The van der Waals surface area contributed by atoms with Crippen LogP contribution in [0.3, 0.4) is 0 Å². The lowest BCUT2D eigenvalue weighted by Gasteiger charge is -2.34. The van der Waals surface area contributed by atoms with E-state index in [0.717, 1.165) is 52.7 Å². The summed E-state index contributed by atoms with van der Waals surface area (Å²) in [5.41, 5.74) is 1.93. The van der Waals surface area contributed by atoms with Gasteiger partial charge >= 0.3 is 0 Å². The lowest BCUT2D eigenvalue weighted by molar-refractivity contribution is 0.216. The van der Waals surface area contributed by atoms with Crippen LogP contribution in [0.15, 0.2) is 41.4 Å². The van der Waals surface area contributed by atoms with E-state index in [1.165, 1.54) is 12.1 Å². The molecule has 1 saturated heterocycles. The number of fused-ring (bicyclic) bond motifs is 4. The average molecular weight is 384 g/mol. The Balaban J connectivity index is 1.74. The summed E-state index contributed by atoms with van der Waals surface area (Å²) < 4.78 is 28.9. The number of halogens is 2. The summed E-state index contributed by atoms with van der Waals surface area (Å²) in [7, 11) is 2.10. The third-order valence-electron chi connectivity index (χ3n) is 5.14. The molecule has 1 fully saturated rings. The van der Waals surface area contributed by atoms with E-state index in [9.17, 15) is 8.78 Å². The fraction of sp³-hybridized carbons (Fsp3) is 0.250. The molecule has 3 aromatic rings. The van der Waals surface area contributed by atoms with Crippen LogP contribution in [0.5, 0.6) is 0 Å². The van der Waals surface area contributed by atoms with Crippen molar-refractivity contribution in [1.82, 2.24) is 9.80 Å². The maximum atomic E-state index is 13.9. The van der Waals surface area contributed by atoms with Gasteiger partial charge in [0.2, 0.25) is 0 Å². The number of nitrogens with one attached hydrogen (secondary N) is 1. The SMILES string of the molecule is CN1CCN(C2=Nc3cc(F)c(F)cc3Nc3sc4ccccc4c32)CC1. The molecule has 0 aliphatic carbocycles. The topological polar surface area (TPSA) is 30.9 Å². The van der Waals surface area contributed by atoms with Crippen LogP contribution in [-0.4, -0.2) is 48.9 Å². The van der Waals surface area contributed by atoms with E-state index in [-0.39, 0.29) is 0 Å². The molecule has 1 aromatic heterocycles. The van der Waals surface area contributed by atoms with Gasteiger partial charge in [-0.1, -0.05) is 18.2 Å². The van der Waals surface area contributed by atoms with E-state index in [0.29, 0.717) is 11.4 Å². The number of piperazine rings is 1. The highest BCUT2D eigenvalue weighted by atomic mass is 32.1. The molecule has 0 saturated carbocycles. The molecule has 0 radical (unpaired) electrons. The molecule has 1 N–H and O–H groups in total. The summed E-state index contributed by atoms with van der Waals surface area (Å²) in [5, 5.41) is 5.32. The number of likely N-dealkylation sites (N-methyl/N-ethyl adjacent to an activating group) is 1. The molecule has 0 atom stereocenters. The zero-order chi connectivity index (χ0) is 18.5. The molecule has 7 heteroatoms. The van der Waals surface area contributed by atoms with Gasteiger partial charge in [0.1, 0.15) is 10.8 Å². The number of benzene rings is 2. The van der Waals surface area contributed by atoms with Crippen molar-refractivity contribution in [3.8, 4) is 0 Å². The second kappa shape index (κ2) is 6.28. The second-order valence-electron chi connectivity index (χ2n) is 6.94. The highest BCUT2D eigenvalue weighted by Gasteiger charge is 2.28. The Kier molecular flexibility index (Phi) is 3.87. The Morgan fingerprint density at radius 2 is 1.78 bits per heavy atom. The Hall–Kier alpha value is -2.51. The third-order valence-corrected chi connectivity index (χ3v) is 6.22. The standard InChI is InChI=1S/C20H18F2N4S/c1-25-6-8-26(9-7-25)19-18-12-4-2-3-5-17(12)27-20(18)24-16-11-14(22)13(21)10-15(16)23-19/h2-5,10-11,24H,6-9H2,1H3. The number of rotatable bonds is 0. The first kappa shape index (κ1) is 16.6. The third kappa shape index (κ3) is 2.78. The maximum absolute atomic E-state index is 13.9. The molecule has 4 nitrogen and oxygen atoms in total. The molecular weight excluding hydrogens is 366 g/mol. The van der Waals surface area contributed by atoms with Crippen LogP contribution in [-0.2, 0) is 0 Å². The number of amidine groups is 1. The number of aliphatic imine (C=N–C) groups is 1. The molecule has 0 unspecified atom stereocenters. The highest BCUT2D eigenvalue weighted by molar-refractivity contribution is 7.23. The van der Waals surface area contributed by atoms with E-state index >= 15 is 0 Å². The van der Waals surface area contributed by atoms with Gasteiger partial charge in [0.05, 0.1) is 16.9 Å². The normalized spacial score (nSPS) is 17.1. The first-order valence-corrected chi connectivity index (χ1v) is 9.72. The zero-order valence-electron chi connectivity index (χ0n) is 14.8. The van der Waals surface area contributed by atoms with Gasteiger partial charge in [0.15, 0.2) is 11.6 Å². The summed E-state index contributed by atoms with van der Waals surface area (Å²) in [4.78, 5) is 9.34. The Morgan fingerprint density at radius 1 is 1.04 bits per heavy atom. The minimum atomic E-state index is -0.882. The van der Waals surface area contributed by atoms with Crippen molar-refractivity contribution >= 4 is 43.6 Å². The number of nitrogens with zero attached hydrogens (tertiary/aromatic N) is 3. The van der Waals surface area contributed by atoms with Crippen LogP contribution < -0.4 is 5.32 Å². The van der Waals surface area contributed by atoms with E-state index in [1.54, 1.807) is 11.3 Å². The highest BCUT2D eigenvalue weighted by Crippen LogP contribution is 2.43. The Bertz CT molecular complexity index is 1070. The molecule has 27 heavy (non-hydrogen) atoms. The molecule has 138 valence electrons. The van der Waals surface area contributed by atoms with Crippen molar-refractivity contribution in [2.24, 2.45) is 4.99 Å². The number of hydrogen-bond donors (Lipinski definition) is 1. The molecule has 5 rings (SSSR count). The summed E-state index contributed by atoms with van der Waals surface area (Å²) in [6, 6.07) is 10.5. The van der Waals surface area contributed by atoms with Crippen molar-refractivity contribution in [2.75, 3.05) is 38.5 Å². The number of thiophene rings is 1. The summed E-state index contributed by atoms with van der Waals surface area (Å²) in [6.45, 7) is 3.57. The quantitative estimate of drug-likeness (QED) is 0.616. The fourth-order valence-corrected chi connectivity index (χ4v) is 4.73. The van der Waals surface area contributed by atoms with E-state index in [1.807, 2.05) is 12.1 Å². The van der Waals surface area contributed by atoms with E-state index < -0.39 is 11.6 Å². The van der Waals surface area contributed by atoms with Gasteiger partial charge in [-0.3, -0.25) is 0 Å². The Morgan fingerprint density at radius 3 is 2.59 bits per heavy atom. The van der Waals surface area contributed by atoms with Gasteiger partial charge in [-0.15, -0.1) is 11.3 Å². The number of anilines is 2. The van der Waals surface area contributed by atoms with Crippen LogP contribution in [0.25, 0.3) is 10.1 Å². The molecule has 3 heterocycles. The molecule has 2 aromatic carbocycles. The first-order chi connectivity index (χ1) is 13.1. The van der Waals surface area contributed by atoms with Crippen LogP contribution in [0, 0.1) is 11.6 Å². The summed E-state index contributed by atoms with van der Waals surface area (Å²) in [6.07, 6.45) is 0. The van der Waals surface area contributed by atoms with Crippen LogP contribution in [0.1, 0.15) is 5.56 Å². The lowest BCUT2D eigenvalue weighted by atomic mass is 10.1. The van der Waals surface area contributed by atoms with E-state index in [2.05, 4.69) is 34.3 Å². The van der Waals surface area contributed by atoms with Gasteiger partial charge in [-0.2, -0.15) is 0 Å². The minimum Gasteiger partial charge on any atom is -0.353 e. The fourth-order valence-electron chi connectivity index (χ4n) is 3.62. The van der Waals surface area contributed by atoms with Crippen molar-refractivity contribution in [3.63, 3.8) is 0 Å². The van der Waals surface area contributed by atoms with Crippen molar-refractivity contribution in [2.45, 2.75) is 0 Å². The predicted octanol–water partition coefficient (Wildman–Crippen LogP) is 4.56. The molecule has 0 amide bonds. The van der Waals surface area contributed by atoms with Gasteiger partial charge in [-0.05, 0) is 13.1 Å². The number of hydrogen-bond acceptors (Lipinski definition) is 5. The molecule has 2 aliphatic heterocycles. The molecule has 0 bridgehead atoms. The van der Waals surface area contributed by atoms with Gasteiger partial charge in [0.25, 0.3) is 0 Å². The molecule has 2 aliphatic rings. The first-order valence-electron chi connectivity index (χ1n) is 8.90. The largest absolute Gasteiger partial charge is 0.353 e. The lowest BCUT2D eigenvalue weighted by Crippen LogP contribution is -2.47. The smallest absolute Gasteiger partial charge is 0.161 e. The second-order valence-corrected chi connectivity index (χ2v) is 7.99. The van der Waals surface area contributed by atoms with Gasteiger partial charge in [0, 0.05) is 48.4 Å². The monoisotopic (exact) mass is 384 g/mol. The average Bonchev–Trinajstić information content (AvgIpc) is 2.94. The van der Waals surface area contributed by atoms with Crippen molar-refractivity contribution < 1.29 is 8.78 Å². The van der Waals surface area contributed by atoms with Gasteiger partial charge in [-0.25, -0.2) is 13.8 Å². The maximum Gasteiger partial charge on any atom is 0.161 e. The van der Waals surface area contributed by atoms with E-state index in [4.69, 9.17) is 4.99 Å². The molecular formula is C20H18F2N4S. The van der Waals surface area contributed by atoms with Crippen LogP contribution in [0.2, 0.25) is 0 Å². The predicted molar refractivity (Wildman–Crippen MR) is 107 cm³/mol. The summed E-state index contributed by atoms with van der Waals surface area (Å²) in [5.74, 6) is -0.929. The molecule has 0 spiro atoms. The minimum absolute atomic E-state index is 0.426. The zero-order valence-corrected chi connectivity index (χ0v) is 15.6. The van der Waals surface area contributed by atoms with Gasteiger partial charge < -0.3 is 15.1 Å². The Labute approximate surface area is 159 Å².